The van der Waals surface area contributed by atoms with E-state index in [-0.39, 0.29) is 10.5 Å². The zero-order chi connectivity index (χ0) is 26.9. The molecule has 3 heterocycles. The van der Waals surface area contributed by atoms with Crippen LogP contribution in [-0.2, 0) is 23.0 Å². The zero-order valence-electron chi connectivity index (χ0n) is 21.3. The number of nitrogens with zero attached hydrogens (tertiary/aromatic N) is 4. The summed E-state index contributed by atoms with van der Waals surface area (Å²) in [4.78, 5) is 26.0. The molecule has 192 valence electrons. The summed E-state index contributed by atoms with van der Waals surface area (Å²) in [6, 6.07) is 19.5. The number of hydrogen-bond acceptors (Lipinski definition) is 6. The van der Waals surface area contributed by atoms with Crippen molar-refractivity contribution >= 4 is 27.1 Å². The van der Waals surface area contributed by atoms with E-state index in [2.05, 4.69) is 21.2 Å². The summed E-state index contributed by atoms with van der Waals surface area (Å²) < 4.78 is 30.6. The SMILES string of the molecule is CCc1nc2c(C)cc(C)nc2n1Cc1ccc(-c2ccncc2S(=O)(=O)NC(=O)c2ccccc2)cc1. The van der Waals surface area contributed by atoms with Crippen LogP contribution in [0.2, 0.25) is 0 Å². The van der Waals surface area contributed by atoms with E-state index in [0.717, 1.165) is 40.2 Å². The summed E-state index contributed by atoms with van der Waals surface area (Å²) in [6.07, 6.45) is 3.56. The summed E-state index contributed by atoms with van der Waals surface area (Å²) in [5, 5.41) is 0. The number of aryl methyl sites for hydroxylation is 3. The van der Waals surface area contributed by atoms with Gasteiger partial charge >= 0.3 is 0 Å². The lowest BCUT2D eigenvalue weighted by atomic mass is 10.0. The maximum absolute atomic E-state index is 13.1. The summed E-state index contributed by atoms with van der Waals surface area (Å²) in [5.41, 5.74) is 6.24. The molecule has 0 fully saturated rings. The van der Waals surface area contributed by atoms with Gasteiger partial charge in [-0.1, -0.05) is 49.4 Å². The Balaban J connectivity index is 1.44. The smallest absolute Gasteiger partial charge is 0.266 e. The molecule has 0 aliphatic heterocycles. The number of benzene rings is 2. The van der Waals surface area contributed by atoms with Crippen LogP contribution in [0.25, 0.3) is 22.3 Å². The highest BCUT2D eigenvalue weighted by molar-refractivity contribution is 7.90. The number of fused-ring (bicyclic) bond motifs is 1. The van der Waals surface area contributed by atoms with E-state index >= 15 is 0 Å². The van der Waals surface area contributed by atoms with Crippen LogP contribution in [0.5, 0.6) is 0 Å². The molecule has 0 saturated heterocycles. The van der Waals surface area contributed by atoms with Crippen LogP contribution in [-0.4, -0.2) is 33.8 Å². The van der Waals surface area contributed by atoms with Crippen molar-refractivity contribution in [3.63, 3.8) is 0 Å². The Kier molecular flexibility index (Phi) is 6.77. The van der Waals surface area contributed by atoms with Gasteiger partial charge in [0.05, 0.1) is 6.54 Å². The number of amides is 1. The van der Waals surface area contributed by atoms with Crippen molar-refractivity contribution in [2.75, 3.05) is 0 Å². The van der Waals surface area contributed by atoms with Gasteiger partial charge in [0.25, 0.3) is 15.9 Å². The lowest BCUT2D eigenvalue weighted by molar-refractivity contribution is 0.0981. The molecule has 0 radical (unpaired) electrons. The van der Waals surface area contributed by atoms with Crippen LogP contribution in [0.3, 0.4) is 0 Å². The Hall–Kier alpha value is -4.37. The maximum Gasteiger partial charge on any atom is 0.266 e. The van der Waals surface area contributed by atoms with E-state index in [1.54, 1.807) is 36.4 Å². The summed E-state index contributed by atoms with van der Waals surface area (Å²) in [6.45, 7) is 6.69. The van der Waals surface area contributed by atoms with Gasteiger partial charge in [0.15, 0.2) is 5.65 Å². The van der Waals surface area contributed by atoms with Gasteiger partial charge in [0.1, 0.15) is 16.2 Å². The second kappa shape index (κ2) is 10.2. The fourth-order valence-corrected chi connectivity index (χ4v) is 5.66. The number of hydrogen-bond donors (Lipinski definition) is 1. The topological polar surface area (TPSA) is 107 Å². The van der Waals surface area contributed by atoms with Crippen LogP contribution in [0.4, 0.5) is 0 Å². The van der Waals surface area contributed by atoms with Gasteiger partial charge in [0.2, 0.25) is 0 Å². The first-order chi connectivity index (χ1) is 18.3. The molecule has 1 amide bonds. The monoisotopic (exact) mass is 525 g/mol. The van der Waals surface area contributed by atoms with Crippen LogP contribution >= 0.6 is 0 Å². The molecule has 8 nitrogen and oxygen atoms in total. The van der Waals surface area contributed by atoms with E-state index in [4.69, 9.17) is 9.97 Å². The number of carbonyl (C=O) groups is 1. The van der Waals surface area contributed by atoms with Crippen molar-refractivity contribution in [2.24, 2.45) is 0 Å². The Morgan fingerprint density at radius 3 is 2.42 bits per heavy atom. The Labute approximate surface area is 221 Å². The van der Waals surface area contributed by atoms with Gasteiger partial charge in [0, 0.05) is 35.6 Å². The first-order valence-corrected chi connectivity index (χ1v) is 13.7. The Bertz CT molecular complexity index is 1750. The molecule has 5 rings (SSSR count). The first kappa shape index (κ1) is 25.3. The standard InChI is InChI=1S/C29H27N5O3S/c1-4-26-32-27-19(2)16-20(3)31-28(27)34(26)18-21-10-12-22(13-11-21)24-14-15-30-17-25(24)38(36,37)33-29(35)23-8-6-5-7-9-23/h5-17H,4,18H2,1-3H3,(H,33,35). The van der Waals surface area contributed by atoms with Crippen molar-refractivity contribution in [1.82, 2.24) is 24.2 Å². The highest BCUT2D eigenvalue weighted by Crippen LogP contribution is 2.28. The van der Waals surface area contributed by atoms with E-state index in [1.165, 1.54) is 12.4 Å². The predicted octanol–water partition coefficient (Wildman–Crippen LogP) is 4.84. The molecule has 5 aromatic rings. The number of pyridine rings is 2. The summed E-state index contributed by atoms with van der Waals surface area (Å²) in [5.74, 6) is 0.260. The number of nitrogens with one attached hydrogen (secondary N) is 1. The molecule has 2 aromatic carbocycles. The first-order valence-electron chi connectivity index (χ1n) is 12.3. The van der Waals surface area contributed by atoms with Gasteiger partial charge in [-0.2, -0.15) is 0 Å². The highest BCUT2D eigenvalue weighted by Gasteiger charge is 2.23. The largest absolute Gasteiger partial charge is 0.308 e. The molecule has 0 aliphatic rings. The molecule has 1 N–H and O–H groups in total. The Morgan fingerprint density at radius 2 is 1.71 bits per heavy atom. The third-order valence-corrected chi connectivity index (χ3v) is 7.72. The van der Waals surface area contributed by atoms with Crippen LogP contribution in [0.15, 0.2) is 84.0 Å². The van der Waals surface area contributed by atoms with Crippen LogP contribution < -0.4 is 4.72 Å². The van der Waals surface area contributed by atoms with Crippen LogP contribution in [0, 0.1) is 13.8 Å². The quantitative estimate of drug-likeness (QED) is 0.326. The van der Waals surface area contributed by atoms with Crippen molar-refractivity contribution in [3.8, 4) is 11.1 Å². The number of carbonyl (C=O) groups excluding carboxylic acids is 1. The molecule has 0 atom stereocenters. The number of sulfonamides is 1. The van der Waals surface area contributed by atoms with Crippen molar-refractivity contribution < 1.29 is 13.2 Å². The number of aromatic nitrogens is 4. The maximum atomic E-state index is 13.1. The second-order valence-electron chi connectivity index (χ2n) is 9.09. The molecular formula is C29H27N5O3S. The minimum Gasteiger partial charge on any atom is -0.308 e. The number of imidazole rings is 1. The molecule has 3 aromatic heterocycles. The minimum atomic E-state index is -4.16. The van der Waals surface area contributed by atoms with E-state index in [0.29, 0.717) is 17.7 Å². The van der Waals surface area contributed by atoms with E-state index < -0.39 is 15.9 Å². The average molecular weight is 526 g/mol. The molecule has 0 spiro atoms. The van der Waals surface area contributed by atoms with Crippen molar-refractivity contribution in [1.29, 1.82) is 0 Å². The Morgan fingerprint density at radius 1 is 0.974 bits per heavy atom. The lowest BCUT2D eigenvalue weighted by Gasteiger charge is -2.13. The third kappa shape index (κ3) is 4.92. The molecular weight excluding hydrogens is 498 g/mol. The molecule has 0 saturated carbocycles. The normalized spacial score (nSPS) is 11.6. The van der Waals surface area contributed by atoms with Gasteiger partial charge in [-0.05, 0) is 54.8 Å². The fourth-order valence-electron chi connectivity index (χ4n) is 4.51. The molecule has 9 heteroatoms. The molecule has 0 aliphatic carbocycles. The van der Waals surface area contributed by atoms with Crippen molar-refractivity contribution in [2.45, 2.75) is 38.6 Å². The van der Waals surface area contributed by atoms with Gasteiger partial charge in [-0.25, -0.2) is 23.1 Å². The lowest BCUT2D eigenvalue weighted by Crippen LogP contribution is -2.31. The second-order valence-corrected chi connectivity index (χ2v) is 10.7. The van der Waals surface area contributed by atoms with Gasteiger partial charge in [-0.15, -0.1) is 0 Å². The zero-order valence-corrected chi connectivity index (χ0v) is 22.2. The third-order valence-electron chi connectivity index (χ3n) is 6.36. The highest BCUT2D eigenvalue weighted by atomic mass is 32.2. The average Bonchev–Trinajstić information content (AvgIpc) is 3.27. The summed E-state index contributed by atoms with van der Waals surface area (Å²) in [7, 11) is -4.16. The van der Waals surface area contributed by atoms with E-state index in [9.17, 15) is 13.2 Å². The minimum absolute atomic E-state index is 0.0685. The molecule has 38 heavy (non-hydrogen) atoms. The fraction of sp³-hybridized carbons (Fsp3) is 0.172. The molecule has 0 unspecified atom stereocenters. The number of rotatable bonds is 7. The van der Waals surface area contributed by atoms with Gasteiger partial charge in [-0.3, -0.25) is 9.78 Å². The predicted molar refractivity (Wildman–Crippen MR) is 146 cm³/mol. The molecule has 0 bridgehead atoms. The summed E-state index contributed by atoms with van der Waals surface area (Å²) >= 11 is 0. The van der Waals surface area contributed by atoms with Crippen molar-refractivity contribution in [3.05, 3.63) is 107 Å². The van der Waals surface area contributed by atoms with Gasteiger partial charge < -0.3 is 4.57 Å². The van der Waals surface area contributed by atoms with Crippen LogP contribution in [0.1, 0.15) is 39.9 Å². The van der Waals surface area contributed by atoms with E-state index in [1.807, 2.05) is 44.2 Å².